The van der Waals surface area contributed by atoms with Gasteiger partial charge in [0, 0.05) is 10.4 Å². The fourth-order valence-electron chi connectivity index (χ4n) is 8.45. The summed E-state index contributed by atoms with van der Waals surface area (Å²) in [5.74, 6) is 0.398. The van der Waals surface area contributed by atoms with Crippen LogP contribution in [0.2, 0.25) is 16.1 Å². The lowest BCUT2D eigenvalue weighted by atomic mass is 9.67. The first-order chi connectivity index (χ1) is 21.8. The summed E-state index contributed by atoms with van der Waals surface area (Å²) >= 11 is 6.70. The van der Waals surface area contributed by atoms with Crippen molar-refractivity contribution in [2.75, 3.05) is 0 Å². The van der Waals surface area contributed by atoms with Gasteiger partial charge < -0.3 is 0 Å². The zero-order valence-electron chi connectivity index (χ0n) is 26.5. The minimum absolute atomic E-state index is 0.104. The van der Waals surface area contributed by atoms with Crippen LogP contribution < -0.4 is 10.4 Å². The Labute approximate surface area is 275 Å². The molecule has 0 N–H and O–H groups in total. The average molecular weight is 621 g/mol. The maximum Gasteiger partial charge on any atom is 0.123 e. The van der Waals surface area contributed by atoms with Crippen LogP contribution in [0.3, 0.4) is 0 Å². The maximum atomic E-state index is 6.70. The van der Waals surface area contributed by atoms with E-state index in [1.807, 2.05) is 0 Å². The molecule has 5 aromatic carbocycles. The van der Waals surface area contributed by atoms with Gasteiger partial charge >= 0.3 is 0 Å². The monoisotopic (exact) mass is 620 g/mol. The van der Waals surface area contributed by atoms with Crippen LogP contribution >= 0.6 is 11.6 Å². The van der Waals surface area contributed by atoms with Crippen molar-refractivity contribution in [3.63, 3.8) is 0 Å². The second-order valence-electron chi connectivity index (χ2n) is 14.1. The molecule has 2 aliphatic rings. The van der Waals surface area contributed by atoms with Gasteiger partial charge in [-0.15, -0.1) is 0 Å². The lowest BCUT2D eigenvalue weighted by Crippen LogP contribution is -2.65. The van der Waals surface area contributed by atoms with Crippen molar-refractivity contribution < 1.29 is 0 Å². The highest BCUT2D eigenvalue weighted by atomic mass is 35.5. The van der Waals surface area contributed by atoms with Crippen LogP contribution in [-0.2, 0) is 5.41 Å². The lowest BCUT2D eigenvalue weighted by Gasteiger charge is -2.48. The first-order valence-electron chi connectivity index (χ1n) is 16.2. The first-order valence-corrected chi connectivity index (χ1v) is 18.8. The Kier molecular flexibility index (Phi) is 7.80. The fraction of sp³-hybridized carbons (Fsp3) is 0.209. The highest BCUT2D eigenvalue weighted by molar-refractivity contribution is 7.04. The van der Waals surface area contributed by atoms with E-state index in [0.717, 1.165) is 23.9 Å². The summed E-state index contributed by atoms with van der Waals surface area (Å²) in [6.45, 7) is 7.46. The lowest BCUT2D eigenvalue weighted by molar-refractivity contribution is 0.425. The highest BCUT2D eigenvalue weighted by Gasteiger charge is 2.51. The van der Waals surface area contributed by atoms with E-state index in [1.165, 1.54) is 43.8 Å². The summed E-state index contributed by atoms with van der Waals surface area (Å²) in [5, 5.41) is 3.95. The van der Waals surface area contributed by atoms with E-state index in [9.17, 15) is 0 Å². The molecular formula is C43H41ClSi. The van der Waals surface area contributed by atoms with Crippen molar-refractivity contribution in [2.45, 2.75) is 50.1 Å². The molecule has 0 bridgehead atoms. The third-order valence-electron chi connectivity index (χ3n) is 10.4. The zero-order chi connectivity index (χ0) is 31.1. The second kappa shape index (κ2) is 11.8. The molecule has 2 atom stereocenters. The number of fused-ring (bicyclic) bond motifs is 2. The molecule has 0 aliphatic heterocycles. The summed E-state index contributed by atoms with van der Waals surface area (Å²) in [7, 11) is -2.30. The Bertz CT molecular complexity index is 1810. The standard InChI is InChI=1S/C43H41ClSi/c1-42(2,3)45(37-20-12-6-13-21-37,38-22-14-7-15-23-38)31-32-26-35(33-16-8-4-9-17-33)29-43(28-32)30-40(34-18-10-5-11-19-34)39-27-36(44)24-25-41(39)43/h4-27,30,32H,28-29,31H2,1-3H3/t32-,43+/m0/s1. The quantitative estimate of drug-likeness (QED) is 0.166. The van der Waals surface area contributed by atoms with Crippen molar-refractivity contribution in [2.24, 2.45) is 5.92 Å². The van der Waals surface area contributed by atoms with E-state index in [-0.39, 0.29) is 10.5 Å². The summed E-state index contributed by atoms with van der Waals surface area (Å²) in [6.07, 6.45) is 7.33. The minimum atomic E-state index is -2.30. The molecule has 0 saturated carbocycles. The average Bonchev–Trinajstić information content (AvgIpc) is 3.36. The van der Waals surface area contributed by atoms with E-state index < -0.39 is 8.07 Å². The van der Waals surface area contributed by atoms with Gasteiger partial charge in [-0.3, -0.25) is 0 Å². The SMILES string of the molecule is CC(C)(C)[Si](C[C@H]1C=C(c2ccccc2)C[C@@]2(C=C(c3ccccc3)c3cc(Cl)ccc32)C1)(c1ccccc1)c1ccccc1. The molecule has 0 radical (unpaired) electrons. The number of hydrogen-bond acceptors (Lipinski definition) is 0. The molecule has 0 heterocycles. The first kappa shape index (κ1) is 29.8. The van der Waals surface area contributed by atoms with Crippen LogP contribution in [0.15, 0.2) is 152 Å². The van der Waals surface area contributed by atoms with Gasteiger partial charge in [0.15, 0.2) is 0 Å². The largest absolute Gasteiger partial charge is 0.123 e. The van der Waals surface area contributed by atoms with E-state index in [4.69, 9.17) is 11.6 Å². The third-order valence-corrected chi connectivity index (χ3v) is 17.0. The molecular weight excluding hydrogens is 580 g/mol. The van der Waals surface area contributed by atoms with Gasteiger partial charge in [-0.05, 0) is 75.4 Å². The third kappa shape index (κ3) is 5.37. The predicted molar refractivity (Wildman–Crippen MR) is 196 cm³/mol. The van der Waals surface area contributed by atoms with Gasteiger partial charge in [-0.2, -0.15) is 0 Å². The number of benzene rings is 5. The molecule has 45 heavy (non-hydrogen) atoms. The number of halogens is 1. The molecule has 0 aromatic heterocycles. The van der Waals surface area contributed by atoms with Gasteiger partial charge in [-0.25, -0.2) is 0 Å². The highest BCUT2D eigenvalue weighted by Crippen LogP contribution is 2.56. The van der Waals surface area contributed by atoms with Gasteiger partial charge in [0.25, 0.3) is 0 Å². The molecule has 2 aliphatic carbocycles. The van der Waals surface area contributed by atoms with Crippen LogP contribution in [0.1, 0.15) is 55.9 Å². The van der Waals surface area contributed by atoms with Crippen molar-refractivity contribution in [3.8, 4) is 0 Å². The summed E-state index contributed by atoms with van der Waals surface area (Å²) in [4.78, 5) is 0. The van der Waals surface area contributed by atoms with Crippen LogP contribution in [-0.4, -0.2) is 8.07 Å². The van der Waals surface area contributed by atoms with Crippen LogP contribution in [0, 0.1) is 5.92 Å². The summed E-state index contributed by atoms with van der Waals surface area (Å²) in [5.41, 5.74) is 7.95. The smallest absolute Gasteiger partial charge is 0.0843 e. The Morgan fingerprint density at radius 2 is 1.22 bits per heavy atom. The molecule has 0 saturated heterocycles. The van der Waals surface area contributed by atoms with Crippen molar-refractivity contribution in [3.05, 3.63) is 179 Å². The molecule has 224 valence electrons. The van der Waals surface area contributed by atoms with Crippen molar-refractivity contribution in [1.29, 1.82) is 0 Å². The molecule has 0 amide bonds. The van der Waals surface area contributed by atoms with Crippen LogP contribution in [0.5, 0.6) is 0 Å². The summed E-state index contributed by atoms with van der Waals surface area (Å²) < 4.78 is 0. The predicted octanol–water partition coefficient (Wildman–Crippen LogP) is 10.6. The van der Waals surface area contributed by atoms with E-state index in [0.29, 0.717) is 5.92 Å². The van der Waals surface area contributed by atoms with E-state index in [2.05, 4.69) is 172 Å². The number of allylic oxidation sites excluding steroid dienone is 3. The molecule has 1 spiro atoms. The van der Waals surface area contributed by atoms with E-state index in [1.54, 1.807) is 0 Å². The molecule has 0 fully saturated rings. The van der Waals surface area contributed by atoms with Gasteiger partial charge in [0.2, 0.25) is 0 Å². The minimum Gasteiger partial charge on any atom is -0.0843 e. The number of rotatable bonds is 6. The molecule has 0 nitrogen and oxygen atoms in total. The van der Waals surface area contributed by atoms with Gasteiger partial charge in [0.05, 0.1) is 0 Å². The fourth-order valence-corrected chi connectivity index (χ4v) is 14.3. The number of hydrogen-bond donors (Lipinski definition) is 0. The Morgan fingerprint density at radius 1 is 0.689 bits per heavy atom. The maximum absolute atomic E-state index is 6.70. The molecule has 0 unspecified atom stereocenters. The Balaban J connectivity index is 1.43. The molecule has 7 rings (SSSR count). The van der Waals surface area contributed by atoms with Crippen molar-refractivity contribution >= 4 is 41.2 Å². The molecule has 5 aromatic rings. The van der Waals surface area contributed by atoms with Crippen LogP contribution in [0.4, 0.5) is 0 Å². The summed E-state index contributed by atoms with van der Waals surface area (Å²) in [6, 6.07) is 52.7. The zero-order valence-corrected chi connectivity index (χ0v) is 28.3. The van der Waals surface area contributed by atoms with Crippen molar-refractivity contribution in [1.82, 2.24) is 0 Å². The van der Waals surface area contributed by atoms with Crippen LogP contribution in [0.25, 0.3) is 11.1 Å². The normalized spacial score (nSPS) is 19.6. The van der Waals surface area contributed by atoms with Gasteiger partial charge in [-0.1, -0.05) is 182 Å². The topological polar surface area (TPSA) is 0 Å². The van der Waals surface area contributed by atoms with Gasteiger partial charge in [0.1, 0.15) is 8.07 Å². The Hall–Kier alpha value is -3.91. The Morgan fingerprint density at radius 3 is 1.78 bits per heavy atom. The van der Waals surface area contributed by atoms with E-state index >= 15 is 0 Å². The second-order valence-corrected chi connectivity index (χ2v) is 19.4. The molecule has 2 heteroatoms.